The van der Waals surface area contributed by atoms with Gasteiger partial charge in [0.05, 0.1) is 9.82 Å². The number of nitrogens with one attached hydrogen (secondary N) is 1. The Labute approximate surface area is 182 Å². The lowest BCUT2D eigenvalue weighted by Gasteiger charge is -2.19. The van der Waals surface area contributed by atoms with Gasteiger partial charge in [-0.2, -0.15) is 4.31 Å². The number of hydrogen-bond donors (Lipinski definition) is 1. The van der Waals surface area contributed by atoms with Crippen LogP contribution in [-0.2, 0) is 21.2 Å². The van der Waals surface area contributed by atoms with Crippen LogP contribution in [0.15, 0.2) is 47.4 Å². The Morgan fingerprint density at radius 1 is 1.13 bits per heavy atom. The number of carbonyl (C=O) groups excluding carboxylic acids is 1. The van der Waals surface area contributed by atoms with Crippen molar-refractivity contribution in [3.8, 4) is 5.75 Å². The minimum atomic E-state index is -3.87. The summed E-state index contributed by atoms with van der Waals surface area (Å²) in [7, 11) is -3.87. The molecule has 0 bridgehead atoms. The maximum atomic E-state index is 12.7. The second-order valence-electron chi connectivity index (χ2n) is 6.78. The Bertz CT molecular complexity index is 1030. The van der Waals surface area contributed by atoms with Crippen molar-refractivity contribution >= 4 is 27.3 Å². The van der Waals surface area contributed by atoms with E-state index in [0.29, 0.717) is 5.69 Å². The molecule has 2 aromatic carbocycles. The normalized spacial score (nSPS) is 12.4. The monoisotopic (exact) mass is 449 g/mol. The Morgan fingerprint density at radius 2 is 1.74 bits per heavy atom. The lowest BCUT2D eigenvalue weighted by atomic mass is 10.1. The van der Waals surface area contributed by atoms with E-state index in [1.807, 2.05) is 19.1 Å². The van der Waals surface area contributed by atoms with Crippen molar-refractivity contribution in [1.29, 1.82) is 0 Å². The molecule has 168 valence electrons. The van der Waals surface area contributed by atoms with Gasteiger partial charge in [-0.25, -0.2) is 8.42 Å². The summed E-state index contributed by atoms with van der Waals surface area (Å²) in [6, 6.07) is 10.7. The molecule has 31 heavy (non-hydrogen) atoms. The van der Waals surface area contributed by atoms with Crippen LogP contribution in [0.3, 0.4) is 0 Å². The van der Waals surface area contributed by atoms with Crippen molar-refractivity contribution in [2.24, 2.45) is 0 Å². The van der Waals surface area contributed by atoms with Gasteiger partial charge in [-0.05, 0) is 43.2 Å². The predicted molar refractivity (Wildman–Crippen MR) is 118 cm³/mol. The van der Waals surface area contributed by atoms with E-state index in [2.05, 4.69) is 5.32 Å². The van der Waals surface area contributed by atoms with Gasteiger partial charge >= 0.3 is 5.69 Å². The first-order chi connectivity index (χ1) is 14.6. The van der Waals surface area contributed by atoms with E-state index in [4.69, 9.17) is 4.74 Å². The molecule has 0 spiro atoms. The zero-order chi connectivity index (χ0) is 23.2. The van der Waals surface area contributed by atoms with Crippen LogP contribution in [0.25, 0.3) is 0 Å². The summed E-state index contributed by atoms with van der Waals surface area (Å²) in [4.78, 5) is 23.0. The highest BCUT2D eigenvalue weighted by Gasteiger charge is 2.27. The molecular formula is C21H27N3O6S. The van der Waals surface area contributed by atoms with E-state index in [0.717, 1.165) is 18.1 Å². The predicted octanol–water partition coefficient (Wildman–Crippen LogP) is 3.59. The largest absolute Gasteiger partial charge is 0.474 e. The van der Waals surface area contributed by atoms with E-state index in [1.165, 1.54) is 23.4 Å². The summed E-state index contributed by atoms with van der Waals surface area (Å²) in [5.41, 5.74) is 1.17. The highest BCUT2D eigenvalue weighted by atomic mass is 32.2. The number of anilines is 1. The van der Waals surface area contributed by atoms with Crippen LogP contribution in [0.1, 0.15) is 33.3 Å². The topological polar surface area (TPSA) is 119 Å². The number of nitro benzene ring substituents is 1. The van der Waals surface area contributed by atoms with Crippen molar-refractivity contribution in [1.82, 2.24) is 4.31 Å². The molecule has 1 amide bonds. The molecule has 1 N–H and O–H groups in total. The van der Waals surface area contributed by atoms with Crippen LogP contribution < -0.4 is 10.1 Å². The minimum Gasteiger partial charge on any atom is -0.474 e. The van der Waals surface area contributed by atoms with Crippen LogP contribution in [0.5, 0.6) is 5.75 Å². The van der Waals surface area contributed by atoms with Gasteiger partial charge < -0.3 is 10.1 Å². The number of nitrogens with zero attached hydrogens (tertiary/aromatic N) is 2. The second-order valence-corrected chi connectivity index (χ2v) is 8.71. The molecule has 1 unspecified atom stereocenters. The van der Waals surface area contributed by atoms with Gasteiger partial charge in [-0.3, -0.25) is 14.9 Å². The zero-order valence-corrected chi connectivity index (χ0v) is 18.8. The minimum absolute atomic E-state index is 0.188. The number of sulfonamides is 1. The lowest BCUT2D eigenvalue weighted by molar-refractivity contribution is -0.386. The highest BCUT2D eigenvalue weighted by Crippen LogP contribution is 2.31. The Hall–Kier alpha value is -2.98. The molecule has 0 saturated heterocycles. The molecule has 10 heteroatoms. The Kier molecular flexibility index (Phi) is 8.12. The van der Waals surface area contributed by atoms with Gasteiger partial charge in [0, 0.05) is 24.8 Å². The molecule has 0 saturated carbocycles. The number of ether oxygens (including phenoxy) is 1. The first-order valence-electron chi connectivity index (χ1n) is 9.99. The standard InChI is InChI=1S/C21H27N3O6S/c1-5-16-8-10-17(11-9-16)22-21(25)15(4)30-20-13-12-18(14-19(20)24(26)27)31(28,29)23(6-2)7-3/h8-15H,5-7H2,1-4H3,(H,22,25). The molecule has 9 nitrogen and oxygen atoms in total. The first-order valence-corrected chi connectivity index (χ1v) is 11.4. The summed E-state index contributed by atoms with van der Waals surface area (Å²) in [5.74, 6) is -0.675. The molecule has 0 heterocycles. The Balaban J connectivity index is 2.23. The molecule has 1 atom stereocenters. The number of rotatable bonds is 10. The lowest BCUT2D eigenvalue weighted by Crippen LogP contribution is -2.31. The smallest absolute Gasteiger partial charge is 0.312 e. The summed E-state index contributed by atoms with van der Waals surface area (Å²) < 4.78 is 32.0. The number of benzene rings is 2. The number of nitro groups is 1. The molecule has 0 aliphatic heterocycles. The Morgan fingerprint density at radius 3 is 2.26 bits per heavy atom. The van der Waals surface area contributed by atoms with E-state index >= 15 is 0 Å². The molecular weight excluding hydrogens is 422 g/mol. The maximum absolute atomic E-state index is 12.7. The van der Waals surface area contributed by atoms with Crippen molar-refractivity contribution in [3.05, 3.63) is 58.1 Å². The van der Waals surface area contributed by atoms with Crippen LogP contribution in [0, 0.1) is 10.1 Å². The molecule has 2 aromatic rings. The average Bonchev–Trinajstić information content (AvgIpc) is 2.74. The van der Waals surface area contributed by atoms with Gasteiger partial charge in [0.2, 0.25) is 10.0 Å². The van der Waals surface area contributed by atoms with Crippen molar-refractivity contribution in [2.45, 2.75) is 45.1 Å². The average molecular weight is 450 g/mol. The van der Waals surface area contributed by atoms with Crippen LogP contribution in [0.2, 0.25) is 0 Å². The van der Waals surface area contributed by atoms with Gasteiger partial charge in [0.25, 0.3) is 5.91 Å². The third kappa shape index (κ3) is 5.80. The summed E-state index contributed by atoms with van der Waals surface area (Å²) in [5, 5.41) is 14.2. The third-order valence-electron chi connectivity index (χ3n) is 4.77. The molecule has 0 aliphatic rings. The molecule has 0 aliphatic carbocycles. The molecule has 2 rings (SSSR count). The number of carbonyl (C=O) groups is 1. The van der Waals surface area contributed by atoms with Gasteiger partial charge in [-0.15, -0.1) is 0 Å². The van der Waals surface area contributed by atoms with Gasteiger partial charge in [-0.1, -0.05) is 32.9 Å². The van der Waals surface area contributed by atoms with Gasteiger partial charge in [0.15, 0.2) is 11.9 Å². The fourth-order valence-corrected chi connectivity index (χ4v) is 4.40. The van der Waals surface area contributed by atoms with Crippen LogP contribution in [0.4, 0.5) is 11.4 Å². The summed E-state index contributed by atoms with van der Waals surface area (Å²) in [6.45, 7) is 7.32. The third-order valence-corrected chi connectivity index (χ3v) is 6.82. The summed E-state index contributed by atoms with van der Waals surface area (Å²) >= 11 is 0. The van der Waals surface area contributed by atoms with E-state index in [1.54, 1.807) is 26.0 Å². The fraction of sp³-hybridized carbons (Fsp3) is 0.381. The highest BCUT2D eigenvalue weighted by molar-refractivity contribution is 7.89. The SMILES string of the molecule is CCc1ccc(NC(=O)C(C)Oc2ccc(S(=O)(=O)N(CC)CC)cc2[N+](=O)[O-])cc1. The van der Waals surface area contributed by atoms with E-state index < -0.39 is 32.6 Å². The quantitative estimate of drug-likeness (QED) is 0.437. The maximum Gasteiger partial charge on any atom is 0.312 e. The first kappa shape index (κ1) is 24.3. The van der Waals surface area contributed by atoms with Crippen molar-refractivity contribution in [2.75, 3.05) is 18.4 Å². The van der Waals surface area contributed by atoms with Gasteiger partial charge in [0.1, 0.15) is 0 Å². The molecule has 0 fully saturated rings. The zero-order valence-electron chi connectivity index (χ0n) is 18.0. The van der Waals surface area contributed by atoms with E-state index in [9.17, 15) is 23.3 Å². The van der Waals surface area contributed by atoms with Crippen molar-refractivity contribution < 1.29 is 22.9 Å². The molecule has 0 aromatic heterocycles. The number of aryl methyl sites for hydroxylation is 1. The molecule has 0 radical (unpaired) electrons. The van der Waals surface area contributed by atoms with Crippen LogP contribution in [-0.4, -0.2) is 42.7 Å². The van der Waals surface area contributed by atoms with Crippen LogP contribution >= 0.6 is 0 Å². The van der Waals surface area contributed by atoms with Crippen molar-refractivity contribution in [3.63, 3.8) is 0 Å². The number of hydrogen-bond acceptors (Lipinski definition) is 6. The van der Waals surface area contributed by atoms with E-state index in [-0.39, 0.29) is 23.7 Å². The second kappa shape index (κ2) is 10.4. The summed E-state index contributed by atoms with van der Waals surface area (Å²) in [6.07, 6.45) is -0.174. The number of amides is 1. The fourth-order valence-electron chi connectivity index (χ4n) is 2.92.